The van der Waals surface area contributed by atoms with Crippen molar-refractivity contribution >= 4 is 5.69 Å². The molecule has 1 heterocycles. The number of halogens is 3. The number of alkyl halides is 3. The lowest BCUT2D eigenvalue weighted by Gasteiger charge is -2.08. The van der Waals surface area contributed by atoms with Crippen molar-refractivity contribution in [2.24, 2.45) is 0 Å². The highest BCUT2D eigenvalue weighted by Crippen LogP contribution is 2.34. The zero-order valence-corrected chi connectivity index (χ0v) is 12.1. The van der Waals surface area contributed by atoms with Crippen LogP contribution >= 0.6 is 0 Å². The summed E-state index contributed by atoms with van der Waals surface area (Å²) >= 11 is 0. The second-order valence-electron chi connectivity index (χ2n) is 4.97. The van der Waals surface area contributed by atoms with Gasteiger partial charge in [0, 0.05) is 17.8 Å². The minimum atomic E-state index is -4.65. The number of nitrogens with zero attached hydrogens (tertiary/aromatic N) is 3. The van der Waals surface area contributed by atoms with Crippen LogP contribution in [0.15, 0.2) is 60.8 Å². The average Bonchev–Trinajstić information content (AvgIpc) is 3.04. The van der Waals surface area contributed by atoms with Gasteiger partial charge >= 0.3 is 6.18 Å². The number of nitro benzene ring substituents is 1. The van der Waals surface area contributed by atoms with Crippen molar-refractivity contribution in [2.75, 3.05) is 0 Å². The average molecular weight is 333 g/mol. The Balaban J connectivity index is 2.07. The molecule has 0 unspecified atom stereocenters. The van der Waals surface area contributed by atoms with Gasteiger partial charge in [-0.1, -0.05) is 30.3 Å². The van der Waals surface area contributed by atoms with E-state index >= 15 is 0 Å². The van der Waals surface area contributed by atoms with E-state index in [9.17, 15) is 23.3 Å². The molecule has 0 atom stereocenters. The minimum Gasteiger partial charge on any atom is -0.258 e. The van der Waals surface area contributed by atoms with Gasteiger partial charge in [0.05, 0.1) is 16.2 Å². The minimum absolute atomic E-state index is 0.0322. The second-order valence-corrected chi connectivity index (χ2v) is 4.97. The third-order valence-corrected chi connectivity index (χ3v) is 3.40. The van der Waals surface area contributed by atoms with E-state index in [2.05, 4.69) is 5.10 Å². The summed E-state index contributed by atoms with van der Waals surface area (Å²) in [6, 6.07) is 13.1. The lowest BCUT2D eigenvalue weighted by molar-refractivity contribution is -0.384. The van der Waals surface area contributed by atoms with Gasteiger partial charge in [0.25, 0.3) is 5.69 Å². The number of nitro groups is 1. The summed E-state index contributed by atoms with van der Waals surface area (Å²) in [5, 5.41) is 15.4. The van der Waals surface area contributed by atoms with Crippen molar-refractivity contribution in [1.29, 1.82) is 0 Å². The fourth-order valence-electron chi connectivity index (χ4n) is 2.26. The summed E-state index contributed by atoms with van der Waals surface area (Å²) in [6.45, 7) is 0. The molecule has 3 aromatic rings. The molecular formula is C16H10F3N3O2. The first kappa shape index (κ1) is 15.7. The smallest absolute Gasteiger partial charge is 0.258 e. The quantitative estimate of drug-likeness (QED) is 0.525. The maximum atomic E-state index is 12.7. The molecule has 5 nitrogen and oxygen atoms in total. The van der Waals surface area contributed by atoms with E-state index in [0.717, 1.165) is 17.7 Å². The summed E-state index contributed by atoms with van der Waals surface area (Å²) in [4.78, 5) is 10.3. The van der Waals surface area contributed by atoms with Gasteiger partial charge in [0.1, 0.15) is 5.69 Å². The first-order chi connectivity index (χ1) is 11.4. The molecule has 1 aromatic heterocycles. The summed E-state index contributed by atoms with van der Waals surface area (Å²) in [6.07, 6.45) is -3.18. The SMILES string of the molecule is O=[N+]([O-])c1cc(C(F)(F)F)ccc1-n1ccc(-c2ccccc2)n1. The van der Waals surface area contributed by atoms with Crippen LogP contribution in [0.25, 0.3) is 16.9 Å². The summed E-state index contributed by atoms with van der Waals surface area (Å²) in [5.74, 6) is 0. The summed E-state index contributed by atoms with van der Waals surface area (Å²) in [5.41, 5.74) is -0.410. The van der Waals surface area contributed by atoms with Gasteiger partial charge in [-0.2, -0.15) is 18.3 Å². The van der Waals surface area contributed by atoms with Gasteiger partial charge in [-0.3, -0.25) is 10.1 Å². The van der Waals surface area contributed by atoms with Crippen molar-refractivity contribution in [1.82, 2.24) is 9.78 Å². The summed E-state index contributed by atoms with van der Waals surface area (Å²) in [7, 11) is 0. The fraction of sp³-hybridized carbons (Fsp3) is 0.0625. The molecule has 0 spiro atoms. The van der Waals surface area contributed by atoms with Gasteiger partial charge in [0.15, 0.2) is 0 Å². The van der Waals surface area contributed by atoms with Crippen LogP contribution in [-0.4, -0.2) is 14.7 Å². The molecule has 8 heteroatoms. The van der Waals surface area contributed by atoms with Gasteiger partial charge in [0.2, 0.25) is 0 Å². The monoisotopic (exact) mass is 333 g/mol. The Morgan fingerprint density at radius 1 is 1.04 bits per heavy atom. The Morgan fingerprint density at radius 2 is 1.75 bits per heavy atom. The zero-order valence-electron chi connectivity index (χ0n) is 12.1. The standard InChI is InChI=1S/C16H10F3N3O2/c17-16(18,19)12-6-7-14(15(10-12)22(23)24)21-9-8-13(20-21)11-4-2-1-3-5-11/h1-10H. The predicted molar refractivity (Wildman–Crippen MR) is 80.7 cm³/mol. The van der Waals surface area contributed by atoms with Crippen molar-refractivity contribution in [3.05, 3.63) is 76.5 Å². The third-order valence-electron chi connectivity index (χ3n) is 3.40. The molecule has 122 valence electrons. The topological polar surface area (TPSA) is 61.0 Å². The molecule has 0 saturated carbocycles. The highest BCUT2D eigenvalue weighted by Gasteiger charge is 2.33. The molecular weight excluding hydrogens is 323 g/mol. The maximum absolute atomic E-state index is 12.7. The van der Waals surface area contributed by atoms with Gasteiger partial charge in [-0.15, -0.1) is 0 Å². The molecule has 24 heavy (non-hydrogen) atoms. The Kier molecular flexibility index (Phi) is 3.80. The van der Waals surface area contributed by atoms with Crippen molar-refractivity contribution in [2.45, 2.75) is 6.18 Å². The number of rotatable bonds is 3. The molecule has 0 amide bonds. The molecule has 0 aliphatic rings. The third kappa shape index (κ3) is 2.98. The van der Waals surface area contributed by atoms with E-state index in [4.69, 9.17) is 0 Å². The van der Waals surface area contributed by atoms with Crippen LogP contribution in [0.1, 0.15) is 5.56 Å². The molecule has 0 saturated heterocycles. The molecule has 0 aliphatic carbocycles. The van der Waals surface area contributed by atoms with E-state index < -0.39 is 22.4 Å². The number of aromatic nitrogens is 2. The van der Waals surface area contributed by atoms with Crippen LogP contribution in [-0.2, 0) is 6.18 Å². The van der Waals surface area contributed by atoms with Crippen LogP contribution in [0, 0.1) is 10.1 Å². The Morgan fingerprint density at radius 3 is 2.38 bits per heavy atom. The lowest BCUT2D eigenvalue weighted by atomic mass is 10.1. The maximum Gasteiger partial charge on any atom is 0.416 e. The summed E-state index contributed by atoms with van der Waals surface area (Å²) < 4.78 is 39.4. The van der Waals surface area contributed by atoms with Gasteiger partial charge in [-0.25, -0.2) is 4.68 Å². The molecule has 2 aromatic carbocycles. The fourth-order valence-corrected chi connectivity index (χ4v) is 2.26. The van der Waals surface area contributed by atoms with E-state index in [1.807, 2.05) is 30.3 Å². The second kappa shape index (κ2) is 5.80. The first-order valence-corrected chi connectivity index (χ1v) is 6.83. The van der Waals surface area contributed by atoms with Crippen molar-refractivity contribution in [3.8, 4) is 16.9 Å². The molecule has 0 radical (unpaired) electrons. The molecule has 0 aliphatic heterocycles. The van der Waals surface area contributed by atoms with E-state index in [1.54, 1.807) is 6.07 Å². The molecule has 3 rings (SSSR count). The Bertz CT molecular complexity index is 889. The Hall–Kier alpha value is -3.16. The lowest BCUT2D eigenvalue weighted by Crippen LogP contribution is -2.08. The van der Waals surface area contributed by atoms with Gasteiger partial charge in [-0.05, 0) is 18.2 Å². The van der Waals surface area contributed by atoms with Crippen LogP contribution in [0.2, 0.25) is 0 Å². The number of hydrogen-bond acceptors (Lipinski definition) is 3. The van der Waals surface area contributed by atoms with E-state index in [1.165, 1.54) is 10.9 Å². The van der Waals surface area contributed by atoms with E-state index in [0.29, 0.717) is 11.8 Å². The first-order valence-electron chi connectivity index (χ1n) is 6.83. The van der Waals surface area contributed by atoms with Crippen LogP contribution < -0.4 is 0 Å². The molecule has 0 bridgehead atoms. The number of hydrogen-bond donors (Lipinski definition) is 0. The van der Waals surface area contributed by atoms with Crippen LogP contribution in [0.4, 0.5) is 18.9 Å². The largest absolute Gasteiger partial charge is 0.416 e. The Labute approximate surface area is 134 Å². The predicted octanol–water partition coefficient (Wildman–Crippen LogP) is 4.47. The van der Waals surface area contributed by atoms with Crippen LogP contribution in [0.5, 0.6) is 0 Å². The normalized spacial score (nSPS) is 11.5. The zero-order chi connectivity index (χ0) is 17.3. The van der Waals surface area contributed by atoms with Crippen LogP contribution in [0.3, 0.4) is 0 Å². The van der Waals surface area contributed by atoms with Gasteiger partial charge < -0.3 is 0 Å². The molecule has 0 fully saturated rings. The highest BCUT2D eigenvalue weighted by molar-refractivity contribution is 5.60. The van der Waals surface area contributed by atoms with Crippen molar-refractivity contribution < 1.29 is 18.1 Å². The number of benzene rings is 2. The highest BCUT2D eigenvalue weighted by atomic mass is 19.4. The molecule has 0 N–H and O–H groups in total. The van der Waals surface area contributed by atoms with E-state index in [-0.39, 0.29) is 5.69 Å². The van der Waals surface area contributed by atoms with Crippen molar-refractivity contribution in [3.63, 3.8) is 0 Å².